The zero-order valence-corrected chi connectivity index (χ0v) is 18.8. The van der Waals surface area contributed by atoms with Crippen molar-refractivity contribution < 1.29 is 9.47 Å². The summed E-state index contributed by atoms with van der Waals surface area (Å²) < 4.78 is 17.6. The topological polar surface area (TPSA) is 18.5 Å². The minimum absolute atomic E-state index is 0.354. The average molecular weight is 431 g/mol. The van der Waals surface area contributed by atoms with Gasteiger partial charge in [0.05, 0.1) is 0 Å². The Labute approximate surface area is 149 Å². The molecule has 2 nitrogen and oxygen atoms in total. The Morgan fingerprint density at radius 1 is 1.00 bits per heavy atom. The Hall–Kier alpha value is 0.459. The van der Waals surface area contributed by atoms with Crippen LogP contribution < -0.4 is 0 Å². The van der Waals surface area contributed by atoms with Crippen LogP contribution in [-0.4, -0.2) is 42.3 Å². The third kappa shape index (κ3) is 9.50. The summed E-state index contributed by atoms with van der Waals surface area (Å²) in [6.45, 7) is 8.73. The fourth-order valence-electron chi connectivity index (χ4n) is 3.55. The molecule has 0 spiro atoms. The van der Waals surface area contributed by atoms with Crippen molar-refractivity contribution in [1.82, 2.24) is 0 Å². The van der Waals surface area contributed by atoms with Crippen molar-refractivity contribution in [3.05, 3.63) is 12.2 Å². The Bertz CT molecular complexity index is 276. The molecule has 1 fully saturated rings. The molecule has 0 radical (unpaired) electrons. The van der Waals surface area contributed by atoms with Crippen LogP contribution in [-0.2, 0) is 9.47 Å². The van der Waals surface area contributed by atoms with E-state index >= 15 is 0 Å². The fraction of sp³-hybridized carbons (Fsp3) is 0.900. The van der Waals surface area contributed by atoms with Crippen molar-refractivity contribution in [2.45, 2.75) is 91.6 Å². The van der Waals surface area contributed by atoms with Crippen LogP contribution in [0.25, 0.3) is 0 Å². The third-order valence-corrected chi connectivity index (χ3v) is 19.6. The van der Waals surface area contributed by atoms with Crippen LogP contribution in [0.15, 0.2) is 12.2 Å². The predicted molar refractivity (Wildman–Crippen MR) is 104 cm³/mol. The fourth-order valence-corrected chi connectivity index (χ4v) is 17.9. The normalized spacial score (nSPS) is 19.0. The van der Waals surface area contributed by atoms with Gasteiger partial charge in [-0.05, 0) is 0 Å². The Morgan fingerprint density at radius 2 is 1.61 bits per heavy atom. The second-order valence-corrected chi connectivity index (χ2v) is 21.0. The van der Waals surface area contributed by atoms with E-state index in [1.807, 2.05) is 0 Å². The Morgan fingerprint density at radius 3 is 2.09 bits per heavy atom. The first kappa shape index (κ1) is 21.5. The molecule has 0 aromatic carbocycles. The van der Waals surface area contributed by atoms with Gasteiger partial charge in [-0.15, -0.1) is 0 Å². The standard InChI is InChI=1S/C8H13O2.3C4H9.Sn/c1-9-6-2-4-8-5-3-7-10-8;3*1-3-4-2;/h2,4,8H,1,3,5-7H2;3*1,3-4H2,2H3;/b4-2+;;;;. The van der Waals surface area contributed by atoms with Crippen LogP contribution in [0.2, 0.25) is 13.3 Å². The molecule has 0 saturated carbocycles. The van der Waals surface area contributed by atoms with Gasteiger partial charge in [-0.2, -0.15) is 0 Å². The van der Waals surface area contributed by atoms with E-state index in [4.69, 9.17) is 9.47 Å². The van der Waals surface area contributed by atoms with Crippen LogP contribution in [0, 0.1) is 0 Å². The second kappa shape index (κ2) is 13.7. The Balaban J connectivity index is 2.43. The summed E-state index contributed by atoms with van der Waals surface area (Å²) in [6, 6.07) is 0. The molecule has 0 N–H and O–H groups in total. The molecule has 23 heavy (non-hydrogen) atoms. The van der Waals surface area contributed by atoms with Crippen molar-refractivity contribution in [2.75, 3.05) is 17.8 Å². The van der Waals surface area contributed by atoms with Gasteiger partial charge >= 0.3 is 149 Å². The molecule has 1 aliphatic rings. The Kier molecular flexibility index (Phi) is 12.8. The monoisotopic (exact) mass is 432 g/mol. The SMILES string of the molecule is CCC[CH2][Sn]([CH2]CCC)([CH2]CCC)[CH2]OC/C=C/C1CCCO1. The molecule has 1 unspecified atom stereocenters. The van der Waals surface area contributed by atoms with Gasteiger partial charge in [0.15, 0.2) is 0 Å². The molecule has 1 rings (SSSR count). The molecule has 3 heteroatoms. The molecule has 1 saturated heterocycles. The van der Waals surface area contributed by atoms with Crippen molar-refractivity contribution >= 4 is 18.4 Å². The van der Waals surface area contributed by atoms with Crippen LogP contribution in [0.4, 0.5) is 0 Å². The minimum atomic E-state index is -2.07. The van der Waals surface area contributed by atoms with E-state index in [9.17, 15) is 0 Å². The van der Waals surface area contributed by atoms with Crippen LogP contribution >= 0.6 is 0 Å². The molecule has 1 heterocycles. The first-order valence-corrected chi connectivity index (χ1v) is 18.2. The number of hydrogen-bond acceptors (Lipinski definition) is 2. The van der Waals surface area contributed by atoms with E-state index in [1.165, 1.54) is 51.4 Å². The zero-order valence-electron chi connectivity index (χ0n) is 15.9. The first-order valence-electron chi connectivity index (χ1n) is 10.1. The summed E-state index contributed by atoms with van der Waals surface area (Å²) >= 11 is -2.07. The molecule has 0 aromatic heterocycles. The molecular weight excluding hydrogens is 391 g/mol. The average Bonchev–Trinajstić information content (AvgIpc) is 3.09. The third-order valence-electron chi connectivity index (χ3n) is 5.12. The van der Waals surface area contributed by atoms with Gasteiger partial charge in [-0.25, -0.2) is 0 Å². The van der Waals surface area contributed by atoms with E-state index in [1.54, 1.807) is 13.3 Å². The summed E-state index contributed by atoms with van der Waals surface area (Å²) in [5.74, 6) is 0. The summed E-state index contributed by atoms with van der Waals surface area (Å²) in [5.41, 5.74) is 0. The van der Waals surface area contributed by atoms with E-state index < -0.39 is 18.4 Å². The molecule has 0 bridgehead atoms. The van der Waals surface area contributed by atoms with Gasteiger partial charge in [0, 0.05) is 0 Å². The molecule has 0 aromatic rings. The maximum absolute atomic E-state index is 6.20. The van der Waals surface area contributed by atoms with Gasteiger partial charge in [-0.1, -0.05) is 0 Å². The zero-order chi connectivity index (χ0) is 16.8. The number of hydrogen-bond donors (Lipinski definition) is 0. The van der Waals surface area contributed by atoms with Crippen LogP contribution in [0.5, 0.6) is 0 Å². The predicted octanol–water partition coefficient (Wildman–Crippen LogP) is 6.13. The molecule has 1 atom stereocenters. The number of ether oxygens (including phenoxy) is 2. The van der Waals surface area contributed by atoms with Crippen molar-refractivity contribution in [3.8, 4) is 0 Å². The second-order valence-electron chi connectivity index (χ2n) is 7.31. The van der Waals surface area contributed by atoms with Gasteiger partial charge in [0.25, 0.3) is 0 Å². The van der Waals surface area contributed by atoms with E-state index in [2.05, 4.69) is 32.9 Å². The van der Waals surface area contributed by atoms with Gasteiger partial charge in [0.2, 0.25) is 0 Å². The number of rotatable bonds is 14. The number of unbranched alkanes of at least 4 members (excludes halogenated alkanes) is 3. The molecular formula is C20H40O2Sn. The maximum atomic E-state index is 6.20. The van der Waals surface area contributed by atoms with E-state index in [0.717, 1.165) is 17.8 Å². The quantitative estimate of drug-likeness (QED) is 0.187. The molecule has 0 amide bonds. The van der Waals surface area contributed by atoms with Crippen molar-refractivity contribution in [3.63, 3.8) is 0 Å². The summed E-state index contributed by atoms with van der Waals surface area (Å²) in [5, 5.41) is 0. The van der Waals surface area contributed by atoms with Gasteiger partial charge < -0.3 is 0 Å². The summed E-state index contributed by atoms with van der Waals surface area (Å²) in [6.07, 6.45) is 15.5. The summed E-state index contributed by atoms with van der Waals surface area (Å²) in [4.78, 5) is 0. The molecule has 136 valence electrons. The molecule has 1 aliphatic heterocycles. The van der Waals surface area contributed by atoms with Crippen molar-refractivity contribution in [1.29, 1.82) is 0 Å². The van der Waals surface area contributed by atoms with Gasteiger partial charge in [-0.3, -0.25) is 0 Å². The summed E-state index contributed by atoms with van der Waals surface area (Å²) in [7, 11) is 0. The van der Waals surface area contributed by atoms with Crippen LogP contribution in [0.3, 0.4) is 0 Å². The van der Waals surface area contributed by atoms with E-state index in [0.29, 0.717) is 6.10 Å². The van der Waals surface area contributed by atoms with Gasteiger partial charge in [0.1, 0.15) is 0 Å². The van der Waals surface area contributed by atoms with Crippen molar-refractivity contribution in [2.24, 2.45) is 0 Å². The first-order chi connectivity index (χ1) is 11.3. The molecule has 0 aliphatic carbocycles. The van der Waals surface area contributed by atoms with Crippen LogP contribution in [0.1, 0.15) is 72.1 Å². The van der Waals surface area contributed by atoms with E-state index in [-0.39, 0.29) is 0 Å².